The zero-order valence-corrected chi connectivity index (χ0v) is 14.2. The number of nitrogens with one attached hydrogen (secondary N) is 1. The van der Waals surface area contributed by atoms with Crippen LogP contribution in [0.5, 0.6) is 0 Å². The van der Waals surface area contributed by atoms with E-state index in [0.717, 1.165) is 4.88 Å². The van der Waals surface area contributed by atoms with Gasteiger partial charge in [-0.25, -0.2) is 4.98 Å². The lowest BCUT2D eigenvalue weighted by molar-refractivity contribution is -0.141. The molecule has 0 aliphatic carbocycles. The summed E-state index contributed by atoms with van der Waals surface area (Å²) in [5.41, 5.74) is -0.102. The molecule has 0 unspecified atom stereocenters. The predicted octanol–water partition coefficient (Wildman–Crippen LogP) is 1.79. The number of carbonyl (C=O) groups is 2. The van der Waals surface area contributed by atoms with Crippen molar-refractivity contribution in [3.8, 4) is 0 Å². The van der Waals surface area contributed by atoms with E-state index < -0.39 is 23.5 Å². The Labute approximate surface area is 146 Å². The molecule has 3 aromatic rings. The molecule has 0 aliphatic heterocycles. The number of hydrogen-bond donors (Lipinski definition) is 1. The molecule has 128 valence electrons. The summed E-state index contributed by atoms with van der Waals surface area (Å²) >= 11 is 1.41. The Bertz CT molecular complexity index is 965. The zero-order chi connectivity index (χ0) is 17.8. The van der Waals surface area contributed by atoms with Crippen molar-refractivity contribution >= 4 is 28.9 Å². The lowest BCUT2D eigenvalue weighted by atomic mass is 10.1. The number of ether oxygens (including phenoxy) is 1. The number of aromatic nitrogens is 2. The maximum Gasteiger partial charge on any atom is 0.307 e. The Kier molecular flexibility index (Phi) is 4.90. The number of amides is 1. The fraction of sp³-hybridized carbons (Fsp3) is 0.176. The maximum absolute atomic E-state index is 12.6. The summed E-state index contributed by atoms with van der Waals surface area (Å²) in [6.45, 7) is 0. The van der Waals surface area contributed by atoms with E-state index in [1.807, 2.05) is 17.5 Å². The van der Waals surface area contributed by atoms with Gasteiger partial charge in [0, 0.05) is 17.3 Å². The number of nitrogens with zero attached hydrogens (tertiary/aromatic N) is 2. The lowest BCUT2D eigenvalue weighted by Gasteiger charge is -2.16. The molecule has 1 amide bonds. The fourth-order valence-corrected chi connectivity index (χ4v) is 3.16. The van der Waals surface area contributed by atoms with Gasteiger partial charge in [0.25, 0.3) is 11.5 Å². The smallest absolute Gasteiger partial charge is 0.307 e. The van der Waals surface area contributed by atoms with Crippen LogP contribution in [0.25, 0.3) is 5.65 Å². The van der Waals surface area contributed by atoms with E-state index in [4.69, 9.17) is 0 Å². The zero-order valence-electron chi connectivity index (χ0n) is 13.3. The average molecular weight is 357 g/mol. The van der Waals surface area contributed by atoms with E-state index in [-0.39, 0.29) is 12.0 Å². The third kappa shape index (κ3) is 3.58. The van der Waals surface area contributed by atoms with E-state index in [2.05, 4.69) is 15.0 Å². The van der Waals surface area contributed by atoms with Crippen LogP contribution in [0.4, 0.5) is 0 Å². The first-order valence-corrected chi connectivity index (χ1v) is 8.35. The van der Waals surface area contributed by atoms with Gasteiger partial charge in [-0.1, -0.05) is 12.1 Å². The van der Waals surface area contributed by atoms with Crippen molar-refractivity contribution < 1.29 is 14.3 Å². The van der Waals surface area contributed by atoms with Gasteiger partial charge in [0.2, 0.25) is 0 Å². The topological polar surface area (TPSA) is 89.8 Å². The van der Waals surface area contributed by atoms with Crippen LogP contribution < -0.4 is 10.9 Å². The summed E-state index contributed by atoms with van der Waals surface area (Å²) in [7, 11) is 1.29. The van der Waals surface area contributed by atoms with Crippen LogP contribution in [0, 0.1) is 0 Å². The highest BCUT2D eigenvalue weighted by atomic mass is 32.1. The second-order valence-electron chi connectivity index (χ2n) is 5.23. The summed E-state index contributed by atoms with van der Waals surface area (Å²) < 4.78 is 5.98. The molecule has 7 nitrogen and oxygen atoms in total. The van der Waals surface area contributed by atoms with E-state index in [0.29, 0.717) is 5.65 Å². The Morgan fingerprint density at radius 1 is 1.32 bits per heavy atom. The first-order valence-electron chi connectivity index (χ1n) is 7.47. The van der Waals surface area contributed by atoms with E-state index in [1.54, 1.807) is 24.4 Å². The second kappa shape index (κ2) is 7.27. The van der Waals surface area contributed by atoms with Crippen LogP contribution in [0.15, 0.2) is 52.9 Å². The van der Waals surface area contributed by atoms with Gasteiger partial charge in [0.05, 0.1) is 19.6 Å². The molecule has 0 aromatic carbocycles. The molecule has 25 heavy (non-hydrogen) atoms. The third-order valence-corrected chi connectivity index (χ3v) is 4.63. The van der Waals surface area contributed by atoms with Crippen molar-refractivity contribution in [2.45, 2.75) is 12.5 Å². The van der Waals surface area contributed by atoms with Crippen LogP contribution >= 0.6 is 11.3 Å². The molecule has 0 saturated carbocycles. The van der Waals surface area contributed by atoms with E-state index in [1.165, 1.54) is 29.0 Å². The fourth-order valence-electron chi connectivity index (χ4n) is 2.38. The number of methoxy groups -OCH3 is 1. The summed E-state index contributed by atoms with van der Waals surface area (Å²) in [6, 6.07) is 8.17. The molecule has 3 heterocycles. The number of pyridine rings is 1. The standard InChI is InChI=1S/C17H15N3O4S/c1-24-15(21)9-12(13-5-4-8-25-13)19-16(22)11-10-18-14-6-2-3-7-20(14)17(11)23/h2-8,10,12H,9H2,1H3,(H,19,22)/t12-/m0/s1. The van der Waals surface area contributed by atoms with Gasteiger partial charge in [0.15, 0.2) is 0 Å². The Balaban J connectivity index is 1.90. The number of hydrogen-bond acceptors (Lipinski definition) is 6. The quantitative estimate of drug-likeness (QED) is 0.703. The predicted molar refractivity (Wildman–Crippen MR) is 92.6 cm³/mol. The Morgan fingerprint density at radius 2 is 2.16 bits per heavy atom. The van der Waals surface area contributed by atoms with E-state index >= 15 is 0 Å². The molecular weight excluding hydrogens is 342 g/mol. The van der Waals surface area contributed by atoms with Gasteiger partial charge in [-0.05, 0) is 23.6 Å². The minimum atomic E-state index is -0.585. The highest BCUT2D eigenvalue weighted by molar-refractivity contribution is 7.10. The average Bonchev–Trinajstić information content (AvgIpc) is 3.16. The molecule has 1 atom stereocenters. The van der Waals surface area contributed by atoms with Gasteiger partial charge in [-0.3, -0.25) is 18.8 Å². The SMILES string of the molecule is COC(=O)C[C@H](NC(=O)c1cnc2ccccn2c1=O)c1cccs1. The molecule has 3 aromatic heterocycles. The first-order chi connectivity index (χ1) is 12.1. The number of esters is 1. The molecule has 8 heteroatoms. The molecule has 3 rings (SSSR count). The van der Waals surface area contributed by atoms with Crippen molar-refractivity contribution in [2.24, 2.45) is 0 Å². The number of carbonyl (C=O) groups excluding carboxylic acids is 2. The number of fused-ring (bicyclic) bond motifs is 1. The van der Waals surface area contributed by atoms with Gasteiger partial charge in [-0.2, -0.15) is 0 Å². The Hall–Kier alpha value is -3.00. The van der Waals surface area contributed by atoms with Crippen molar-refractivity contribution in [3.05, 3.63) is 68.9 Å². The second-order valence-corrected chi connectivity index (χ2v) is 6.21. The molecule has 0 saturated heterocycles. The normalized spacial score (nSPS) is 11.9. The molecule has 0 bridgehead atoms. The minimum Gasteiger partial charge on any atom is -0.469 e. The van der Waals surface area contributed by atoms with Crippen LogP contribution in [-0.4, -0.2) is 28.4 Å². The summed E-state index contributed by atoms with van der Waals surface area (Å²) in [6.07, 6.45) is 2.77. The van der Waals surface area contributed by atoms with Crippen LogP contribution in [0.2, 0.25) is 0 Å². The summed E-state index contributed by atoms with van der Waals surface area (Å²) in [5.74, 6) is -1.04. The molecule has 0 radical (unpaired) electrons. The summed E-state index contributed by atoms with van der Waals surface area (Å²) in [5, 5.41) is 4.57. The molecule has 0 fully saturated rings. The van der Waals surface area contributed by atoms with Crippen molar-refractivity contribution in [2.75, 3.05) is 7.11 Å². The minimum absolute atomic E-state index is 0.0227. The van der Waals surface area contributed by atoms with Crippen LogP contribution in [0.3, 0.4) is 0 Å². The molecule has 1 N–H and O–H groups in total. The van der Waals surface area contributed by atoms with Gasteiger partial charge in [0.1, 0.15) is 11.2 Å². The van der Waals surface area contributed by atoms with Crippen molar-refractivity contribution in [1.82, 2.24) is 14.7 Å². The number of rotatable bonds is 5. The van der Waals surface area contributed by atoms with Crippen molar-refractivity contribution in [3.63, 3.8) is 0 Å². The van der Waals surface area contributed by atoms with Crippen LogP contribution in [-0.2, 0) is 9.53 Å². The summed E-state index contributed by atoms with van der Waals surface area (Å²) in [4.78, 5) is 41.6. The number of thiophene rings is 1. The Morgan fingerprint density at radius 3 is 2.88 bits per heavy atom. The maximum atomic E-state index is 12.6. The van der Waals surface area contributed by atoms with Gasteiger partial charge in [-0.15, -0.1) is 11.3 Å². The molecule has 0 spiro atoms. The largest absolute Gasteiger partial charge is 0.469 e. The lowest BCUT2D eigenvalue weighted by Crippen LogP contribution is -2.35. The first kappa shape index (κ1) is 16.8. The highest BCUT2D eigenvalue weighted by Gasteiger charge is 2.22. The monoisotopic (exact) mass is 357 g/mol. The molecule has 0 aliphatic rings. The third-order valence-electron chi connectivity index (χ3n) is 3.65. The highest BCUT2D eigenvalue weighted by Crippen LogP contribution is 2.22. The van der Waals surface area contributed by atoms with Crippen molar-refractivity contribution in [1.29, 1.82) is 0 Å². The van der Waals surface area contributed by atoms with Gasteiger partial charge >= 0.3 is 5.97 Å². The molecular formula is C17H15N3O4S. The van der Waals surface area contributed by atoms with Gasteiger partial charge < -0.3 is 10.1 Å². The van der Waals surface area contributed by atoms with Crippen LogP contribution in [0.1, 0.15) is 27.7 Å². The van der Waals surface area contributed by atoms with E-state index in [9.17, 15) is 14.4 Å².